The highest BCUT2D eigenvalue weighted by molar-refractivity contribution is 5.33. The second-order valence-corrected chi connectivity index (χ2v) is 5.03. The molecule has 1 nitrogen and oxygen atoms in total. The minimum atomic E-state index is -4.20. The standard InChI is InChI=1S/C17H15F5O/c1-3-10-5-6-12(13(18)7-10)17(21,22)23-16-14(19)8-11(4-2)9-15(16)20/h5-9H,3-4H2,1-2H3. The van der Waals surface area contributed by atoms with Gasteiger partial charge in [-0.25, -0.2) is 13.2 Å². The Labute approximate surface area is 130 Å². The van der Waals surface area contributed by atoms with Gasteiger partial charge in [0.05, 0.1) is 5.56 Å². The normalized spacial score (nSPS) is 11.6. The van der Waals surface area contributed by atoms with Crippen LogP contribution in [0, 0.1) is 17.5 Å². The molecule has 23 heavy (non-hydrogen) atoms. The van der Waals surface area contributed by atoms with Gasteiger partial charge in [0.15, 0.2) is 17.4 Å². The van der Waals surface area contributed by atoms with Crippen molar-refractivity contribution < 1.29 is 26.7 Å². The predicted molar refractivity (Wildman–Crippen MR) is 76.0 cm³/mol. The first kappa shape index (κ1) is 17.2. The number of ether oxygens (including phenoxy) is 1. The van der Waals surface area contributed by atoms with Crippen molar-refractivity contribution in [3.63, 3.8) is 0 Å². The molecule has 2 rings (SSSR count). The summed E-state index contributed by atoms with van der Waals surface area (Å²) in [4.78, 5) is 0. The SMILES string of the molecule is CCc1ccc(C(F)(F)Oc2c(F)cc(CC)cc2F)c(F)c1. The van der Waals surface area contributed by atoms with Crippen LogP contribution >= 0.6 is 0 Å². The minimum absolute atomic E-state index is 0.300. The topological polar surface area (TPSA) is 9.23 Å². The van der Waals surface area contributed by atoms with Crippen molar-refractivity contribution in [3.05, 3.63) is 64.5 Å². The van der Waals surface area contributed by atoms with Gasteiger partial charge < -0.3 is 4.74 Å². The monoisotopic (exact) mass is 330 g/mol. The fourth-order valence-corrected chi connectivity index (χ4v) is 2.11. The maximum Gasteiger partial charge on any atom is 0.429 e. The molecule has 0 radical (unpaired) electrons. The van der Waals surface area contributed by atoms with E-state index in [1.165, 1.54) is 6.07 Å². The van der Waals surface area contributed by atoms with Gasteiger partial charge in [-0.05, 0) is 48.2 Å². The summed E-state index contributed by atoms with van der Waals surface area (Å²) in [6.45, 7) is 3.40. The average Bonchev–Trinajstić information content (AvgIpc) is 2.50. The van der Waals surface area contributed by atoms with Gasteiger partial charge in [0, 0.05) is 0 Å². The summed E-state index contributed by atoms with van der Waals surface area (Å²) < 4.78 is 73.7. The number of hydrogen-bond acceptors (Lipinski definition) is 1. The second kappa shape index (κ2) is 6.56. The van der Waals surface area contributed by atoms with Gasteiger partial charge in [0.2, 0.25) is 0 Å². The molecule has 6 heteroatoms. The number of alkyl halides is 2. The molecule has 0 aromatic heterocycles. The third-order valence-electron chi connectivity index (χ3n) is 3.45. The van der Waals surface area contributed by atoms with Crippen molar-refractivity contribution in [3.8, 4) is 5.75 Å². The van der Waals surface area contributed by atoms with Crippen LogP contribution in [0.25, 0.3) is 0 Å². The highest BCUT2D eigenvalue weighted by Crippen LogP contribution is 2.36. The summed E-state index contributed by atoms with van der Waals surface area (Å²) >= 11 is 0. The highest BCUT2D eigenvalue weighted by atomic mass is 19.3. The van der Waals surface area contributed by atoms with E-state index in [-0.39, 0.29) is 0 Å². The Morgan fingerprint density at radius 2 is 1.35 bits per heavy atom. The van der Waals surface area contributed by atoms with Crippen molar-refractivity contribution >= 4 is 0 Å². The van der Waals surface area contributed by atoms with E-state index in [1.807, 2.05) is 0 Å². The van der Waals surface area contributed by atoms with Crippen LogP contribution in [0.4, 0.5) is 22.0 Å². The number of rotatable bonds is 5. The fourth-order valence-electron chi connectivity index (χ4n) is 2.11. The lowest BCUT2D eigenvalue weighted by Crippen LogP contribution is -2.24. The molecular weight excluding hydrogens is 315 g/mol. The lowest BCUT2D eigenvalue weighted by atomic mass is 10.1. The fraction of sp³-hybridized carbons (Fsp3) is 0.294. The third-order valence-corrected chi connectivity index (χ3v) is 3.45. The Bertz CT molecular complexity index is 689. The number of hydrogen-bond donors (Lipinski definition) is 0. The van der Waals surface area contributed by atoms with Crippen molar-refractivity contribution in [1.82, 2.24) is 0 Å². The third kappa shape index (κ3) is 3.63. The Morgan fingerprint density at radius 3 is 1.83 bits per heavy atom. The number of aryl methyl sites for hydroxylation is 2. The van der Waals surface area contributed by atoms with Gasteiger partial charge in [-0.3, -0.25) is 0 Å². The smallest absolute Gasteiger partial charge is 0.423 e. The summed E-state index contributed by atoms with van der Waals surface area (Å²) in [5.74, 6) is -4.94. The largest absolute Gasteiger partial charge is 0.429 e. The van der Waals surface area contributed by atoms with Crippen molar-refractivity contribution in [2.45, 2.75) is 32.8 Å². The molecule has 0 aliphatic rings. The van der Waals surface area contributed by atoms with E-state index in [9.17, 15) is 22.0 Å². The summed E-state index contributed by atoms with van der Waals surface area (Å²) in [5, 5.41) is 0. The van der Waals surface area contributed by atoms with Crippen LogP contribution in [0.3, 0.4) is 0 Å². The molecule has 0 saturated carbocycles. The van der Waals surface area contributed by atoms with Gasteiger partial charge in [0.1, 0.15) is 5.82 Å². The maximum atomic E-state index is 14.1. The second-order valence-electron chi connectivity index (χ2n) is 5.03. The van der Waals surface area contributed by atoms with Gasteiger partial charge in [-0.2, -0.15) is 8.78 Å². The van der Waals surface area contributed by atoms with Gasteiger partial charge >= 0.3 is 6.11 Å². The van der Waals surface area contributed by atoms with Gasteiger partial charge in [0.25, 0.3) is 0 Å². The zero-order valence-electron chi connectivity index (χ0n) is 12.6. The quantitative estimate of drug-likeness (QED) is 0.671. The van der Waals surface area contributed by atoms with Crippen LogP contribution in [0.5, 0.6) is 5.75 Å². The summed E-state index contributed by atoms with van der Waals surface area (Å²) in [6.07, 6.45) is -3.41. The molecule has 0 aliphatic carbocycles. The van der Waals surface area contributed by atoms with Crippen molar-refractivity contribution in [2.75, 3.05) is 0 Å². The van der Waals surface area contributed by atoms with Crippen molar-refractivity contribution in [2.24, 2.45) is 0 Å². The maximum absolute atomic E-state index is 14.1. The van der Waals surface area contributed by atoms with E-state index in [2.05, 4.69) is 4.74 Å². The Kier molecular flexibility index (Phi) is 4.92. The first-order chi connectivity index (χ1) is 10.8. The molecule has 0 aliphatic heterocycles. The molecule has 0 bridgehead atoms. The minimum Gasteiger partial charge on any atom is -0.423 e. The van der Waals surface area contributed by atoms with Crippen LogP contribution in [0.1, 0.15) is 30.5 Å². The van der Waals surface area contributed by atoms with E-state index in [4.69, 9.17) is 0 Å². The van der Waals surface area contributed by atoms with Crippen LogP contribution in [-0.2, 0) is 19.0 Å². The summed E-state index contributed by atoms with van der Waals surface area (Å²) in [5.41, 5.74) is -0.256. The first-order valence-electron chi connectivity index (χ1n) is 7.12. The lowest BCUT2D eigenvalue weighted by molar-refractivity contribution is -0.190. The van der Waals surface area contributed by atoms with E-state index in [0.717, 1.165) is 24.3 Å². The molecular formula is C17H15F5O. The lowest BCUT2D eigenvalue weighted by Gasteiger charge is -2.20. The Balaban J connectivity index is 2.38. The number of halogens is 5. The van der Waals surface area contributed by atoms with E-state index < -0.39 is 34.9 Å². The van der Waals surface area contributed by atoms with E-state index >= 15 is 0 Å². The molecule has 124 valence electrons. The molecule has 0 fully saturated rings. The zero-order valence-corrected chi connectivity index (χ0v) is 12.6. The van der Waals surface area contributed by atoms with Crippen LogP contribution < -0.4 is 4.74 Å². The predicted octanol–water partition coefficient (Wildman–Crippen LogP) is 5.36. The van der Waals surface area contributed by atoms with Gasteiger partial charge in [-0.15, -0.1) is 0 Å². The molecule has 0 saturated heterocycles. The molecule has 0 N–H and O–H groups in total. The molecule has 0 unspecified atom stereocenters. The summed E-state index contributed by atoms with van der Waals surface area (Å²) in [6, 6.07) is 4.92. The van der Waals surface area contributed by atoms with Crippen LogP contribution in [0.15, 0.2) is 30.3 Å². The molecule has 2 aromatic carbocycles. The molecule has 2 aromatic rings. The van der Waals surface area contributed by atoms with E-state index in [1.54, 1.807) is 13.8 Å². The molecule has 0 atom stereocenters. The van der Waals surface area contributed by atoms with E-state index in [0.29, 0.717) is 24.0 Å². The Morgan fingerprint density at radius 1 is 0.826 bits per heavy atom. The molecule has 0 heterocycles. The Hall–Kier alpha value is -2.11. The molecule has 0 amide bonds. The van der Waals surface area contributed by atoms with Crippen LogP contribution in [0.2, 0.25) is 0 Å². The first-order valence-corrected chi connectivity index (χ1v) is 7.12. The van der Waals surface area contributed by atoms with Crippen LogP contribution in [-0.4, -0.2) is 0 Å². The zero-order chi connectivity index (χ0) is 17.2. The number of benzene rings is 2. The average molecular weight is 330 g/mol. The molecule has 0 spiro atoms. The highest BCUT2D eigenvalue weighted by Gasteiger charge is 2.39. The van der Waals surface area contributed by atoms with Crippen molar-refractivity contribution in [1.29, 1.82) is 0 Å². The summed E-state index contributed by atoms with van der Waals surface area (Å²) in [7, 11) is 0. The van der Waals surface area contributed by atoms with Gasteiger partial charge in [-0.1, -0.05) is 19.9 Å².